The van der Waals surface area contributed by atoms with Gasteiger partial charge in [0.1, 0.15) is 0 Å². The van der Waals surface area contributed by atoms with Gasteiger partial charge in [0.2, 0.25) is 0 Å². The van der Waals surface area contributed by atoms with E-state index in [4.69, 9.17) is 5.41 Å². The van der Waals surface area contributed by atoms with Gasteiger partial charge in [-0.1, -0.05) is 31.5 Å². The first-order valence-electron chi connectivity index (χ1n) is 3.41. The third kappa shape index (κ3) is 3.39. The van der Waals surface area contributed by atoms with Gasteiger partial charge < -0.3 is 5.41 Å². The summed E-state index contributed by atoms with van der Waals surface area (Å²) in [6.45, 7) is 7.32. The molecule has 1 unspecified atom stereocenters. The Bertz CT molecular complexity index is 185. The summed E-state index contributed by atoms with van der Waals surface area (Å²) < 4.78 is 2.70. The molecule has 0 aliphatic carbocycles. The van der Waals surface area contributed by atoms with Gasteiger partial charge in [-0.15, -0.1) is 0 Å². The van der Waals surface area contributed by atoms with Crippen LogP contribution >= 0.6 is 12.8 Å². The molecule has 0 aromatic carbocycles. The number of hydrogen-bond donors (Lipinski definition) is 3. The van der Waals surface area contributed by atoms with Crippen molar-refractivity contribution in [1.29, 1.82) is 5.41 Å². The van der Waals surface area contributed by atoms with Crippen LogP contribution in [0.25, 0.3) is 0 Å². The van der Waals surface area contributed by atoms with Crippen molar-refractivity contribution < 1.29 is 0 Å². The van der Waals surface area contributed by atoms with E-state index < -0.39 is 0 Å². The van der Waals surface area contributed by atoms with Gasteiger partial charge in [-0.05, 0) is 19.4 Å². The Balaban J connectivity index is 4.24. The van der Waals surface area contributed by atoms with E-state index in [0.717, 1.165) is 5.57 Å². The second kappa shape index (κ2) is 5.16. The summed E-state index contributed by atoms with van der Waals surface area (Å²) in [5.41, 5.74) is 1.45. The molecule has 0 bridgehead atoms. The van der Waals surface area contributed by atoms with Crippen molar-refractivity contribution in [3.63, 3.8) is 0 Å². The largest absolute Gasteiger partial charge is 0.303 e. The molecule has 2 N–H and O–H groups in total. The number of rotatable bonds is 4. The highest BCUT2D eigenvalue weighted by Crippen LogP contribution is 2.00. The molecular weight excluding hydrogens is 156 g/mol. The van der Waals surface area contributed by atoms with Crippen molar-refractivity contribution in [2.24, 2.45) is 0 Å². The summed E-state index contributed by atoms with van der Waals surface area (Å²) in [4.78, 5) is 0. The molecule has 0 spiro atoms. The molecule has 0 aromatic rings. The molecular formula is C8H14N2S. The van der Waals surface area contributed by atoms with Crippen LogP contribution in [0.4, 0.5) is 0 Å². The van der Waals surface area contributed by atoms with Gasteiger partial charge in [0.25, 0.3) is 0 Å². The van der Waals surface area contributed by atoms with E-state index >= 15 is 0 Å². The molecule has 0 saturated carbocycles. The van der Waals surface area contributed by atoms with Crippen LogP contribution in [0.15, 0.2) is 24.3 Å². The summed E-state index contributed by atoms with van der Waals surface area (Å²) in [5, 5.41) is 7.58. The average molecular weight is 170 g/mol. The number of thiol groups is 1. The van der Waals surface area contributed by atoms with E-state index in [2.05, 4.69) is 24.1 Å². The Morgan fingerprint density at radius 1 is 1.73 bits per heavy atom. The predicted molar refractivity (Wildman–Crippen MR) is 53.3 cm³/mol. The van der Waals surface area contributed by atoms with Crippen LogP contribution in [0.3, 0.4) is 0 Å². The summed E-state index contributed by atoms with van der Waals surface area (Å²) in [6, 6.07) is -0.0190. The quantitative estimate of drug-likeness (QED) is 0.337. The lowest BCUT2D eigenvalue weighted by Gasteiger charge is -2.10. The van der Waals surface area contributed by atoms with Gasteiger partial charge in [-0.2, -0.15) is 0 Å². The van der Waals surface area contributed by atoms with Crippen molar-refractivity contribution in [3.05, 3.63) is 24.3 Å². The Hall–Kier alpha value is -0.540. The number of nitrogens with one attached hydrogen (secondary N) is 2. The summed E-state index contributed by atoms with van der Waals surface area (Å²) in [5.74, 6) is 0. The van der Waals surface area contributed by atoms with Gasteiger partial charge in [0, 0.05) is 0 Å². The first-order valence-corrected chi connectivity index (χ1v) is 3.86. The third-order valence-corrected chi connectivity index (χ3v) is 1.81. The van der Waals surface area contributed by atoms with Crippen LogP contribution in [0, 0.1) is 5.41 Å². The van der Waals surface area contributed by atoms with Crippen LogP contribution in [0.1, 0.15) is 13.8 Å². The fourth-order valence-corrected chi connectivity index (χ4v) is 0.802. The standard InChI is InChI=1S/C8H14N2S/c1-4-5-6(2)8(9)7(3)10-11/h4-5,7,9-11H,1H2,2-3H3/b6-5-,9-8?. The zero-order valence-corrected chi connectivity index (χ0v) is 7.78. The Morgan fingerprint density at radius 2 is 2.27 bits per heavy atom. The minimum absolute atomic E-state index is 0.0190. The molecule has 0 heterocycles. The SMILES string of the molecule is C=C/C=C(/C)C(=N)C(C)NS. The van der Waals surface area contributed by atoms with Crippen molar-refractivity contribution >= 4 is 18.5 Å². The molecule has 0 radical (unpaired) electrons. The Morgan fingerprint density at radius 3 is 2.64 bits per heavy atom. The minimum Gasteiger partial charge on any atom is -0.303 e. The highest BCUT2D eigenvalue weighted by molar-refractivity contribution is 7.78. The Kier molecular flexibility index (Phi) is 4.90. The van der Waals surface area contributed by atoms with Gasteiger partial charge in [0.05, 0.1) is 11.8 Å². The maximum atomic E-state index is 7.58. The molecule has 1 atom stereocenters. The summed E-state index contributed by atoms with van der Waals surface area (Å²) in [6.07, 6.45) is 3.49. The maximum Gasteiger partial charge on any atom is 0.0558 e. The summed E-state index contributed by atoms with van der Waals surface area (Å²) >= 11 is 3.87. The molecule has 0 aromatic heterocycles. The molecule has 0 rings (SSSR count). The van der Waals surface area contributed by atoms with Gasteiger partial charge >= 0.3 is 0 Å². The number of allylic oxidation sites excluding steroid dienone is 2. The first kappa shape index (κ1) is 10.5. The van der Waals surface area contributed by atoms with E-state index in [0.29, 0.717) is 5.71 Å². The molecule has 0 saturated heterocycles. The second-order valence-electron chi connectivity index (χ2n) is 2.35. The second-order valence-corrected chi connectivity index (χ2v) is 2.61. The van der Waals surface area contributed by atoms with Crippen molar-refractivity contribution in [3.8, 4) is 0 Å². The smallest absolute Gasteiger partial charge is 0.0558 e. The van der Waals surface area contributed by atoms with E-state index in [1.165, 1.54) is 0 Å². The lowest BCUT2D eigenvalue weighted by molar-refractivity contribution is 0.892. The fraction of sp³-hybridized carbons (Fsp3) is 0.375. The van der Waals surface area contributed by atoms with Crippen molar-refractivity contribution in [2.75, 3.05) is 0 Å². The van der Waals surface area contributed by atoms with E-state index in [9.17, 15) is 0 Å². The maximum absolute atomic E-state index is 7.58. The van der Waals surface area contributed by atoms with E-state index in [1.807, 2.05) is 19.9 Å². The van der Waals surface area contributed by atoms with Crippen LogP contribution in [0.5, 0.6) is 0 Å². The molecule has 3 heteroatoms. The van der Waals surface area contributed by atoms with Crippen LogP contribution in [-0.4, -0.2) is 11.8 Å². The van der Waals surface area contributed by atoms with E-state index in [1.54, 1.807) is 6.08 Å². The minimum atomic E-state index is -0.0190. The molecule has 0 amide bonds. The summed E-state index contributed by atoms with van der Waals surface area (Å²) in [7, 11) is 0. The van der Waals surface area contributed by atoms with Crippen molar-refractivity contribution in [1.82, 2.24) is 4.72 Å². The highest BCUT2D eigenvalue weighted by Gasteiger charge is 2.06. The van der Waals surface area contributed by atoms with Gasteiger partial charge in [-0.3, -0.25) is 4.72 Å². The number of hydrogen-bond acceptors (Lipinski definition) is 3. The predicted octanol–water partition coefficient (Wildman–Crippen LogP) is 1.96. The molecule has 0 aliphatic rings. The van der Waals surface area contributed by atoms with Crippen LogP contribution in [0.2, 0.25) is 0 Å². The Labute approximate surface area is 73.4 Å². The third-order valence-electron chi connectivity index (χ3n) is 1.42. The molecule has 62 valence electrons. The average Bonchev–Trinajstić information content (AvgIpc) is 2.02. The fourth-order valence-electron chi connectivity index (χ4n) is 0.673. The first-order chi connectivity index (χ1) is 5.13. The zero-order chi connectivity index (χ0) is 8.85. The van der Waals surface area contributed by atoms with Crippen LogP contribution < -0.4 is 4.72 Å². The molecule has 2 nitrogen and oxygen atoms in total. The van der Waals surface area contributed by atoms with Gasteiger partial charge in [-0.25, -0.2) is 0 Å². The van der Waals surface area contributed by atoms with Gasteiger partial charge in [0.15, 0.2) is 0 Å². The zero-order valence-electron chi connectivity index (χ0n) is 6.89. The van der Waals surface area contributed by atoms with E-state index in [-0.39, 0.29) is 6.04 Å². The molecule has 0 fully saturated rings. The molecule has 11 heavy (non-hydrogen) atoms. The molecule has 0 aliphatic heterocycles. The topological polar surface area (TPSA) is 35.9 Å². The monoisotopic (exact) mass is 170 g/mol. The lowest BCUT2D eigenvalue weighted by atomic mass is 10.1. The normalized spacial score (nSPS) is 14.3. The lowest BCUT2D eigenvalue weighted by Crippen LogP contribution is -2.27. The van der Waals surface area contributed by atoms with Crippen molar-refractivity contribution in [2.45, 2.75) is 19.9 Å². The highest BCUT2D eigenvalue weighted by atomic mass is 32.1. The van der Waals surface area contributed by atoms with Crippen LogP contribution in [-0.2, 0) is 0 Å².